The molecule has 0 bridgehead atoms. The summed E-state index contributed by atoms with van der Waals surface area (Å²) in [5.41, 5.74) is 5.28. The molecule has 4 rings (SSSR count). The van der Waals surface area contributed by atoms with Crippen molar-refractivity contribution in [1.29, 1.82) is 5.26 Å². The number of hydrogen-bond acceptors (Lipinski definition) is 3. The monoisotopic (exact) mass is 434 g/mol. The fourth-order valence-corrected chi connectivity index (χ4v) is 4.21. The minimum absolute atomic E-state index is 0.0678. The third kappa shape index (κ3) is 5.75. The fourth-order valence-electron chi connectivity index (χ4n) is 4.21. The van der Waals surface area contributed by atoms with E-state index in [0.29, 0.717) is 18.5 Å². The van der Waals surface area contributed by atoms with Crippen LogP contribution < -0.4 is 5.32 Å². The van der Waals surface area contributed by atoms with Crippen molar-refractivity contribution in [1.82, 2.24) is 14.9 Å². The van der Waals surface area contributed by atoms with E-state index in [0.717, 1.165) is 24.1 Å². The maximum atomic E-state index is 11.5. The van der Waals surface area contributed by atoms with Crippen molar-refractivity contribution in [2.45, 2.75) is 31.3 Å². The van der Waals surface area contributed by atoms with Crippen molar-refractivity contribution < 1.29 is 4.79 Å². The number of nitriles is 1. The van der Waals surface area contributed by atoms with Gasteiger partial charge in [-0.05, 0) is 35.2 Å². The summed E-state index contributed by atoms with van der Waals surface area (Å²) in [7, 11) is 0. The predicted molar refractivity (Wildman–Crippen MR) is 129 cm³/mol. The molecule has 1 heterocycles. The first-order valence-corrected chi connectivity index (χ1v) is 11.0. The van der Waals surface area contributed by atoms with Gasteiger partial charge < -0.3 is 9.88 Å². The molecule has 0 saturated carbocycles. The molecule has 0 aliphatic heterocycles. The number of nitrogens with one attached hydrogen (secondary N) is 1. The first-order valence-electron chi connectivity index (χ1n) is 11.0. The Morgan fingerprint density at radius 2 is 1.58 bits per heavy atom. The lowest BCUT2D eigenvalue weighted by Crippen LogP contribution is -2.34. The molecule has 1 amide bonds. The van der Waals surface area contributed by atoms with Gasteiger partial charge in [0.05, 0.1) is 18.0 Å². The molecule has 0 saturated heterocycles. The average molecular weight is 435 g/mol. The third-order valence-corrected chi connectivity index (χ3v) is 5.91. The Kier molecular flexibility index (Phi) is 7.29. The number of carbonyl (C=O) groups is 1. The highest BCUT2D eigenvalue weighted by atomic mass is 16.1. The van der Waals surface area contributed by atoms with Gasteiger partial charge in [0.2, 0.25) is 6.41 Å². The Balaban J connectivity index is 1.54. The summed E-state index contributed by atoms with van der Waals surface area (Å²) in [6, 6.07) is 30.5. The number of hydrogen-bond donors (Lipinski definition) is 1. The molecule has 0 unspecified atom stereocenters. The van der Waals surface area contributed by atoms with Gasteiger partial charge in [0.15, 0.2) is 0 Å². The molecule has 1 atom stereocenters. The number of aromatic nitrogens is 2. The lowest BCUT2D eigenvalue weighted by Gasteiger charge is -2.25. The molecule has 0 aliphatic rings. The van der Waals surface area contributed by atoms with E-state index >= 15 is 0 Å². The SMILES string of the molecule is N#Cc1ccc(Cc2cncn2C[C@H](CC(c2ccccc2)c2ccccc2)NC=O)cc1. The van der Waals surface area contributed by atoms with Crippen molar-refractivity contribution in [2.24, 2.45) is 0 Å². The van der Waals surface area contributed by atoms with Crippen molar-refractivity contribution in [2.75, 3.05) is 0 Å². The Labute approximate surface area is 194 Å². The zero-order valence-corrected chi connectivity index (χ0v) is 18.3. The van der Waals surface area contributed by atoms with Crippen LogP contribution in [0.3, 0.4) is 0 Å². The molecule has 5 nitrogen and oxygen atoms in total. The molecule has 164 valence electrons. The van der Waals surface area contributed by atoms with Crippen LogP contribution in [0, 0.1) is 11.3 Å². The molecule has 5 heteroatoms. The summed E-state index contributed by atoms with van der Waals surface area (Å²) in [6.45, 7) is 0.626. The Hall–Kier alpha value is -4.17. The standard InChI is InChI=1S/C28H26N4O/c29-17-23-13-11-22(12-14-23)15-27-18-30-20-32(27)19-26(31-21-33)16-28(24-7-3-1-4-8-24)25-9-5-2-6-10-25/h1-14,18,20-21,26,28H,15-16,19H2,(H,31,33)/t26-/m0/s1. The third-order valence-electron chi connectivity index (χ3n) is 5.91. The van der Waals surface area contributed by atoms with Gasteiger partial charge in [-0.25, -0.2) is 4.98 Å². The van der Waals surface area contributed by atoms with Gasteiger partial charge in [0, 0.05) is 36.8 Å². The normalized spacial score (nSPS) is 11.6. The Bertz CT molecular complexity index is 1150. The van der Waals surface area contributed by atoms with Gasteiger partial charge in [0.1, 0.15) is 0 Å². The quantitative estimate of drug-likeness (QED) is 0.368. The van der Waals surface area contributed by atoms with E-state index in [4.69, 9.17) is 5.26 Å². The largest absolute Gasteiger partial charge is 0.354 e. The molecule has 33 heavy (non-hydrogen) atoms. The summed E-state index contributed by atoms with van der Waals surface area (Å²) in [4.78, 5) is 15.8. The molecular formula is C28H26N4O. The van der Waals surface area contributed by atoms with Crippen LogP contribution in [0.4, 0.5) is 0 Å². The number of benzene rings is 3. The van der Waals surface area contributed by atoms with Crippen molar-refractivity contribution in [3.05, 3.63) is 125 Å². The Morgan fingerprint density at radius 1 is 0.939 bits per heavy atom. The van der Waals surface area contributed by atoms with Crippen LogP contribution in [0.2, 0.25) is 0 Å². The van der Waals surface area contributed by atoms with Crippen LogP contribution >= 0.6 is 0 Å². The summed E-state index contributed by atoms with van der Waals surface area (Å²) in [6.07, 6.45) is 5.94. The maximum Gasteiger partial charge on any atom is 0.207 e. The number of nitrogens with zero attached hydrogens (tertiary/aromatic N) is 3. The van der Waals surface area contributed by atoms with Crippen molar-refractivity contribution in [3.63, 3.8) is 0 Å². The van der Waals surface area contributed by atoms with Crippen LogP contribution in [0.25, 0.3) is 0 Å². The topological polar surface area (TPSA) is 70.7 Å². The van der Waals surface area contributed by atoms with Gasteiger partial charge in [-0.3, -0.25) is 4.79 Å². The second kappa shape index (κ2) is 10.9. The molecular weight excluding hydrogens is 408 g/mol. The molecule has 0 spiro atoms. The number of imidazole rings is 1. The van der Waals surface area contributed by atoms with Crippen LogP contribution in [0.1, 0.15) is 40.3 Å². The van der Waals surface area contributed by atoms with Crippen LogP contribution in [-0.4, -0.2) is 22.0 Å². The van der Waals surface area contributed by atoms with E-state index in [1.165, 1.54) is 11.1 Å². The number of rotatable bonds is 10. The number of carbonyl (C=O) groups excluding carboxylic acids is 1. The first-order chi connectivity index (χ1) is 16.3. The van der Waals surface area contributed by atoms with Gasteiger partial charge in [-0.15, -0.1) is 0 Å². The van der Waals surface area contributed by atoms with Gasteiger partial charge in [0.25, 0.3) is 0 Å². The highest BCUT2D eigenvalue weighted by Gasteiger charge is 2.21. The molecule has 1 aromatic heterocycles. The van der Waals surface area contributed by atoms with E-state index in [-0.39, 0.29) is 12.0 Å². The summed E-state index contributed by atoms with van der Waals surface area (Å²) < 4.78 is 2.10. The second-order valence-electron chi connectivity index (χ2n) is 8.11. The zero-order valence-electron chi connectivity index (χ0n) is 18.3. The van der Waals surface area contributed by atoms with E-state index in [1.807, 2.05) is 48.9 Å². The lowest BCUT2D eigenvalue weighted by molar-refractivity contribution is -0.110. The predicted octanol–water partition coefficient (Wildman–Crippen LogP) is 4.68. The average Bonchev–Trinajstić information content (AvgIpc) is 3.30. The maximum absolute atomic E-state index is 11.5. The summed E-state index contributed by atoms with van der Waals surface area (Å²) in [5, 5.41) is 12.0. The molecule has 0 aliphatic carbocycles. The molecule has 0 radical (unpaired) electrons. The van der Waals surface area contributed by atoms with Crippen molar-refractivity contribution in [3.8, 4) is 6.07 Å². The van der Waals surface area contributed by atoms with E-state index in [9.17, 15) is 4.79 Å². The summed E-state index contributed by atoms with van der Waals surface area (Å²) in [5.74, 6) is 0.162. The number of amides is 1. The smallest absolute Gasteiger partial charge is 0.207 e. The molecule has 1 N–H and O–H groups in total. The second-order valence-corrected chi connectivity index (χ2v) is 8.11. The highest BCUT2D eigenvalue weighted by molar-refractivity contribution is 5.47. The van der Waals surface area contributed by atoms with E-state index in [1.54, 1.807) is 0 Å². The van der Waals surface area contributed by atoms with Gasteiger partial charge in [-0.2, -0.15) is 5.26 Å². The highest BCUT2D eigenvalue weighted by Crippen LogP contribution is 2.29. The van der Waals surface area contributed by atoms with Crippen molar-refractivity contribution >= 4 is 6.41 Å². The lowest BCUT2D eigenvalue weighted by atomic mass is 9.86. The van der Waals surface area contributed by atoms with Crippen LogP contribution in [-0.2, 0) is 17.8 Å². The molecule has 0 fully saturated rings. The van der Waals surface area contributed by atoms with Crippen LogP contribution in [0.5, 0.6) is 0 Å². The van der Waals surface area contributed by atoms with Gasteiger partial charge in [-0.1, -0.05) is 72.8 Å². The van der Waals surface area contributed by atoms with E-state index in [2.05, 4.69) is 69.5 Å². The van der Waals surface area contributed by atoms with E-state index < -0.39 is 0 Å². The fraction of sp³-hybridized carbons (Fsp3) is 0.179. The minimum Gasteiger partial charge on any atom is -0.354 e. The first kappa shape index (κ1) is 22.0. The molecule has 3 aromatic carbocycles. The van der Waals surface area contributed by atoms with Gasteiger partial charge >= 0.3 is 0 Å². The Morgan fingerprint density at radius 3 is 2.15 bits per heavy atom. The molecule has 4 aromatic rings. The zero-order chi connectivity index (χ0) is 22.9. The summed E-state index contributed by atoms with van der Waals surface area (Å²) >= 11 is 0. The van der Waals surface area contributed by atoms with Crippen LogP contribution in [0.15, 0.2) is 97.5 Å². The minimum atomic E-state index is -0.0678.